The average molecular weight is 310 g/mol. The minimum absolute atomic E-state index is 0.582. The second-order valence-corrected chi connectivity index (χ2v) is 7.97. The maximum absolute atomic E-state index is 4.28. The van der Waals surface area contributed by atoms with Crippen molar-refractivity contribution in [3.8, 4) is 0 Å². The SMILES string of the molecule is [CH2]CC(N1CCCCC1)N(CCCCC(C)C)CCC(C)C. The largest absolute Gasteiger partial charge is 0.288 e. The second kappa shape index (κ2) is 11.5. The highest BCUT2D eigenvalue weighted by molar-refractivity contribution is 4.78. The van der Waals surface area contributed by atoms with Gasteiger partial charge in [0.05, 0.1) is 6.17 Å². The van der Waals surface area contributed by atoms with E-state index in [1.807, 2.05) is 0 Å². The van der Waals surface area contributed by atoms with Gasteiger partial charge in [-0.05, 0) is 70.1 Å². The average Bonchev–Trinajstić information content (AvgIpc) is 2.49. The molecule has 1 fully saturated rings. The van der Waals surface area contributed by atoms with Crippen LogP contribution in [0.15, 0.2) is 0 Å². The lowest BCUT2D eigenvalue weighted by Crippen LogP contribution is -2.50. The molecule has 131 valence electrons. The molecular formula is C20H41N2. The van der Waals surface area contributed by atoms with Gasteiger partial charge in [-0.1, -0.05) is 53.9 Å². The van der Waals surface area contributed by atoms with Crippen molar-refractivity contribution in [1.29, 1.82) is 0 Å². The van der Waals surface area contributed by atoms with E-state index >= 15 is 0 Å². The maximum atomic E-state index is 4.28. The van der Waals surface area contributed by atoms with Crippen LogP contribution in [0.1, 0.15) is 79.1 Å². The van der Waals surface area contributed by atoms with E-state index in [1.165, 1.54) is 71.1 Å². The van der Waals surface area contributed by atoms with Gasteiger partial charge in [-0.2, -0.15) is 0 Å². The normalized spacial score (nSPS) is 18.5. The van der Waals surface area contributed by atoms with Crippen LogP contribution in [-0.2, 0) is 0 Å². The number of rotatable bonds is 11. The molecule has 1 atom stereocenters. The third-order valence-corrected chi connectivity index (χ3v) is 4.96. The van der Waals surface area contributed by atoms with Crippen LogP contribution < -0.4 is 0 Å². The van der Waals surface area contributed by atoms with E-state index < -0.39 is 0 Å². The zero-order valence-electron chi connectivity index (χ0n) is 15.8. The molecule has 0 bridgehead atoms. The summed E-state index contributed by atoms with van der Waals surface area (Å²) in [6.07, 6.45) is 11.2. The van der Waals surface area contributed by atoms with Gasteiger partial charge in [0, 0.05) is 0 Å². The predicted octanol–water partition coefficient (Wildman–Crippen LogP) is 5.20. The lowest BCUT2D eigenvalue weighted by atomic mass is 10.0. The highest BCUT2D eigenvalue weighted by Crippen LogP contribution is 2.19. The van der Waals surface area contributed by atoms with Crippen molar-refractivity contribution in [2.45, 2.75) is 85.2 Å². The molecule has 0 amide bonds. The Labute approximate surface area is 140 Å². The first kappa shape index (κ1) is 20.0. The molecule has 0 saturated carbocycles. The fourth-order valence-electron chi connectivity index (χ4n) is 3.51. The van der Waals surface area contributed by atoms with Crippen molar-refractivity contribution in [3.63, 3.8) is 0 Å². The number of likely N-dealkylation sites (tertiary alicyclic amines) is 1. The summed E-state index contributed by atoms with van der Waals surface area (Å²) in [7, 11) is 0. The second-order valence-electron chi connectivity index (χ2n) is 7.97. The Hall–Kier alpha value is -0.0800. The van der Waals surface area contributed by atoms with Gasteiger partial charge < -0.3 is 0 Å². The van der Waals surface area contributed by atoms with Crippen LogP contribution in [0.3, 0.4) is 0 Å². The first-order valence-electron chi connectivity index (χ1n) is 9.82. The summed E-state index contributed by atoms with van der Waals surface area (Å²) in [6.45, 7) is 18.7. The van der Waals surface area contributed by atoms with Gasteiger partial charge >= 0.3 is 0 Å². The number of nitrogens with zero attached hydrogens (tertiary/aromatic N) is 2. The van der Waals surface area contributed by atoms with Crippen LogP contribution in [0.25, 0.3) is 0 Å². The Morgan fingerprint density at radius 1 is 0.864 bits per heavy atom. The molecule has 1 unspecified atom stereocenters. The van der Waals surface area contributed by atoms with Crippen LogP contribution in [0, 0.1) is 18.8 Å². The van der Waals surface area contributed by atoms with Crippen LogP contribution in [-0.4, -0.2) is 42.1 Å². The van der Waals surface area contributed by atoms with E-state index in [-0.39, 0.29) is 0 Å². The first-order chi connectivity index (χ1) is 10.5. The molecule has 22 heavy (non-hydrogen) atoms. The van der Waals surface area contributed by atoms with Crippen molar-refractivity contribution in [3.05, 3.63) is 6.92 Å². The van der Waals surface area contributed by atoms with E-state index in [4.69, 9.17) is 0 Å². The first-order valence-corrected chi connectivity index (χ1v) is 9.82. The summed E-state index contributed by atoms with van der Waals surface area (Å²) in [4.78, 5) is 5.46. The zero-order chi connectivity index (χ0) is 16.4. The standard InChI is InChI=1S/C20H41N2/c1-6-20(21-14-9-7-10-15-21)22(17-13-19(4)5)16-11-8-12-18(2)3/h18-20H,1,6-17H2,2-5H3. The highest BCUT2D eigenvalue weighted by atomic mass is 15.3. The minimum atomic E-state index is 0.582. The Kier molecular flexibility index (Phi) is 10.4. The third-order valence-electron chi connectivity index (χ3n) is 4.96. The molecule has 0 spiro atoms. The van der Waals surface area contributed by atoms with Crippen molar-refractivity contribution < 1.29 is 0 Å². The summed E-state index contributed by atoms with van der Waals surface area (Å²) in [5.41, 5.74) is 0. The molecule has 0 aromatic rings. The van der Waals surface area contributed by atoms with Gasteiger partial charge in [-0.3, -0.25) is 9.80 Å². The van der Waals surface area contributed by atoms with Crippen LogP contribution in [0.4, 0.5) is 0 Å². The molecule has 1 rings (SSSR count). The lowest BCUT2D eigenvalue weighted by molar-refractivity contribution is 0.0259. The highest BCUT2D eigenvalue weighted by Gasteiger charge is 2.24. The van der Waals surface area contributed by atoms with E-state index in [9.17, 15) is 0 Å². The molecular weight excluding hydrogens is 268 g/mol. The summed E-state index contributed by atoms with van der Waals surface area (Å²) < 4.78 is 0. The Balaban J connectivity index is 2.52. The van der Waals surface area contributed by atoms with Gasteiger partial charge in [0.1, 0.15) is 0 Å². The third kappa shape index (κ3) is 7.97. The monoisotopic (exact) mass is 309 g/mol. The summed E-state index contributed by atoms with van der Waals surface area (Å²) in [5.74, 6) is 1.64. The quantitative estimate of drug-likeness (QED) is 0.484. The molecule has 0 aromatic carbocycles. The van der Waals surface area contributed by atoms with Crippen molar-refractivity contribution in [2.75, 3.05) is 26.2 Å². The predicted molar refractivity (Wildman–Crippen MR) is 98.9 cm³/mol. The molecule has 0 N–H and O–H groups in total. The molecule has 2 heteroatoms. The summed E-state index contributed by atoms with van der Waals surface area (Å²) in [6, 6.07) is 0. The van der Waals surface area contributed by atoms with E-state index in [2.05, 4.69) is 44.4 Å². The fraction of sp³-hybridized carbons (Fsp3) is 0.950. The summed E-state index contributed by atoms with van der Waals surface area (Å²) >= 11 is 0. The Morgan fingerprint density at radius 2 is 1.50 bits per heavy atom. The topological polar surface area (TPSA) is 6.48 Å². The zero-order valence-corrected chi connectivity index (χ0v) is 15.8. The van der Waals surface area contributed by atoms with Gasteiger partial charge in [-0.15, -0.1) is 0 Å². The molecule has 1 saturated heterocycles. The molecule has 1 aliphatic rings. The van der Waals surface area contributed by atoms with Crippen molar-refractivity contribution in [1.82, 2.24) is 9.80 Å². The summed E-state index contributed by atoms with van der Waals surface area (Å²) in [5, 5.41) is 0. The van der Waals surface area contributed by atoms with Gasteiger partial charge in [-0.25, -0.2) is 0 Å². The van der Waals surface area contributed by atoms with E-state index in [0.29, 0.717) is 6.17 Å². The molecule has 2 nitrogen and oxygen atoms in total. The molecule has 1 aliphatic heterocycles. The molecule has 1 radical (unpaired) electrons. The molecule has 0 aliphatic carbocycles. The van der Waals surface area contributed by atoms with Crippen LogP contribution >= 0.6 is 0 Å². The van der Waals surface area contributed by atoms with E-state index in [1.54, 1.807) is 0 Å². The Morgan fingerprint density at radius 3 is 2.05 bits per heavy atom. The van der Waals surface area contributed by atoms with Crippen molar-refractivity contribution in [2.24, 2.45) is 11.8 Å². The minimum Gasteiger partial charge on any atom is -0.288 e. The van der Waals surface area contributed by atoms with Crippen molar-refractivity contribution >= 4 is 0 Å². The van der Waals surface area contributed by atoms with Crippen LogP contribution in [0.2, 0.25) is 0 Å². The van der Waals surface area contributed by atoms with E-state index in [0.717, 1.165) is 18.3 Å². The smallest absolute Gasteiger partial charge is 0.0622 e. The number of hydrogen-bond donors (Lipinski definition) is 0. The number of hydrogen-bond acceptors (Lipinski definition) is 2. The Bertz CT molecular complexity index is 256. The van der Waals surface area contributed by atoms with Gasteiger partial charge in [0.15, 0.2) is 0 Å². The maximum Gasteiger partial charge on any atom is 0.0622 e. The molecule has 1 heterocycles. The number of unbranched alkanes of at least 4 members (excludes halogenated alkanes) is 1. The number of piperidine rings is 1. The fourth-order valence-corrected chi connectivity index (χ4v) is 3.51. The van der Waals surface area contributed by atoms with Gasteiger partial charge in [0.25, 0.3) is 0 Å². The lowest BCUT2D eigenvalue weighted by Gasteiger charge is -2.41. The van der Waals surface area contributed by atoms with Gasteiger partial charge in [0.2, 0.25) is 0 Å². The molecule has 0 aromatic heterocycles. The van der Waals surface area contributed by atoms with Crippen LogP contribution in [0.5, 0.6) is 0 Å².